The molecule has 7 heteroatoms. The maximum absolute atomic E-state index is 13.3. The quantitative estimate of drug-likeness (QED) is 0.391. The highest BCUT2D eigenvalue weighted by atomic mass is 32.2. The Morgan fingerprint density at radius 3 is 2.41 bits per heavy atom. The van der Waals surface area contributed by atoms with Crippen LogP contribution in [0.25, 0.3) is 10.9 Å². The van der Waals surface area contributed by atoms with E-state index in [-0.39, 0.29) is 23.1 Å². The van der Waals surface area contributed by atoms with Gasteiger partial charge in [-0.15, -0.1) is 0 Å². The smallest absolute Gasteiger partial charge is 0.239 e. The molecule has 0 aliphatic rings. The molecule has 0 spiro atoms. The number of amides is 1. The molecule has 1 aromatic heterocycles. The second-order valence-electron chi connectivity index (χ2n) is 8.27. The predicted octanol–water partition coefficient (Wildman–Crippen LogP) is 4.29. The number of aromatic nitrogens is 1. The van der Waals surface area contributed by atoms with Gasteiger partial charge in [0.1, 0.15) is 12.3 Å². The molecule has 0 unspecified atom stereocenters. The van der Waals surface area contributed by atoms with Gasteiger partial charge in [0.2, 0.25) is 5.91 Å². The van der Waals surface area contributed by atoms with E-state index in [9.17, 15) is 13.2 Å². The second kappa shape index (κ2) is 10.1. The Morgan fingerprint density at radius 1 is 0.971 bits per heavy atom. The van der Waals surface area contributed by atoms with Crippen LogP contribution in [0.1, 0.15) is 16.7 Å². The summed E-state index contributed by atoms with van der Waals surface area (Å²) in [6.07, 6.45) is 2.28. The number of benzene rings is 3. The van der Waals surface area contributed by atoms with Gasteiger partial charge in [-0.3, -0.25) is 4.79 Å². The van der Waals surface area contributed by atoms with Gasteiger partial charge >= 0.3 is 0 Å². The van der Waals surface area contributed by atoms with Crippen LogP contribution in [0.15, 0.2) is 83.9 Å². The van der Waals surface area contributed by atoms with Crippen molar-refractivity contribution < 1.29 is 17.9 Å². The summed E-state index contributed by atoms with van der Waals surface area (Å²) in [5, 5.41) is 3.55. The van der Waals surface area contributed by atoms with Crippen molar-refractivity contribution in [3.63, 3.8) is 0 Å². The Balaban J connectivity index is 1.49. The summed E-state index contributed by atoms with van der Waals surface area (Å²) in [6.45, 7) is 2.44. The number of nitrogens with one attached hydrogen (secondary N) is 1. The number of carbonyl (C=O) groups is 1. The van der Waals surface area contributed by atoms with Gasteiger partial charge in [0.05, 0.1) is 17.8 Å². The summed E-state index contributed by atoms with van der Waals surface area (Å²) in [5.41, 5.74) is 3.52. The van der Waals surface area contributed by atoms with Crippen LogP contribution >= 0.6 is 0 Å². The molecule has 1 heterocycles. The van der Waals surface area contributed by atoms with Gasteiger partial charge in [-0.2, -0.15) is 0 Å². The van der Waals surface area contributed by atoms with Gasteiger partial charge in [-0.1, -0.05) is 54.6 Å². The highest BCUT2D eigenvalue weighted by molar-refractivity contribution is 7.90. The first-order valence-electron chi connectivity index (χ1n) is 11.1. The van der Waals surface area contributed by atoms with E-state index in [1.165, 1.54) is 0 Å². The van der Waals surface area contributed by atoms with Crippen molar-refractivity contribution in [2.45, 2.75) is 30.5 Å². The Hall–Kier alpha value is -3.58. The number of hydrogen-bond acceptors (Lipinski definition) is 4. The molecule has 0 saturated carbocycles. The minimum Gasteiger partial charge on any atom is -0.497 e. The molecule has 0 radical (unpaired) electrons. The highest BCUT2D eigenvalue weighted by Crippen LogP contribution is 2.28. The summed E-state index contributed by atoms with van der Waals surface area (Å²) >= 11 is 0. The van der Waals surface area contributed by atoms with Crippen LogP contribution in [0.2, 0.25) is 0 Å². The Labute approximate surface area is 200 Å². The molecule has 6 nitrogen and oxygen atoms in total. The molecular formula is C27H28N2O4S. The van der Waals surface area contributed by atoms with Crippen LogP contribution in [0.5, 0.6) is 5.75 Å². The van der Waals surface area contributed by atoms with E-state index in [2.05, 4.69) is 5.32 Å². The minimum atomic E-state index is -3.60. The molecule has 3 aromatic carbocycles. The van der Waals surface area contributed by atoms with Gasteiger partial charge in [0, 0.05) is 23.6 Å². The third-order valence-corrected chi connectivity index (χ3v) is 7.59. The van der Waals surface area contributed by atoms with E-state index in [1.54, 1.807) is 23.9 Å². The zero-order valence-electron chi connectivity index (χ0n) is 19.3. The maximum atomic E-state index is 13.3. The van der Waals surface area contributed by atoms with E-state index >= 15 is 0 Å². The number of methoxy groups -OCH3 is 1. The minimum absolute atomic E-state index is 0.0447. The van der Waals surface area contributed by atoms with E-state index in [1.807, 2.05) is 73.7 Å². The normalized spacial score (nSPS) is 11.5. The summed E-state index contributed by atoms with van der Waals surface area (Å²) in [7, 11) is -1.97. The van der Waals surface area contributed by atoms with Gasteiger partial charge < -0.3 is 14.6 Å². The molecule has 1 amide bonds. The number of fused-ring (bicyclic) bond motifs is 1. The topological polar surface area (TPSA) is 77.4 Å². The fourth-order valence-electron chi connectivity index (χ4n) is 4.00. The molecule has 0 bridgehead atoms. The Bertz CT molecular complexity index is 1410. The lowest BCUT2D eigenvalue weighted by Gasteiger charge is -2.08. The third-order valence-electron chi connectivity index (χ3n) is 5.90. The van der Waals surface area contributed by atoms with Gasteiger partial charge in [0.15, 0.2) is 9.84 Å². The van der Waals surface area contributed by atoms with Crippen LogP contribution in [0.4, 0.5) is 0 Å². The molecular weight excluding hydrogens is 448 g/mol. The molecule has 4 aromatic rings. The highest BCUT2D eigenvalue weighted by Gasteiger charge is 2.23. The number of hydrogen-bond donors (Lipinski definition) is 1. The molecule has 4 rings (SSSR count). The van der Waals surface area contributed by atoms with Crippen molar-refractivity contribution in [3.05, 3.63) is 95.7 Å². The number of carbonyl (C=O) groups excluding carboxylic acids is 1. The van der Waals surface area contributed by atoms with Crippen LogP contribution in [0, 0.1) is 6.92 Å². The maximum Gasteiger partial charge on any atom is 0.239 e. The Morgan fingerprint density at radius 2 is 1.68 bits per heavy atom. The van der Waals surface area contributed by atoms with E-state index in [0.717, 1.165) is 28.0 Å². The lowest BCUT2D eigenvalue weighted by Crippen LogP contribution is -2.29. The molecule has 1 N–H and O–H groups in total. The summed E-state index contributed by atoms with van der Waals surface area (Å²) < 4.78 is 33.5. The van der Waals surface area contributed by atoms with E-state index in [0.29, 0.717) is 18.4 Å². The molecule has 0 aliphatic heterocycles. The van der Waals surface area contributed by atoms with Gasteiger partial charge in [-0.25, -0.2) is 8.42 Å². The van der Waals surface area contributed by atoms with E-state index < -0.39 is 9.84 Å². The fraction of sp³-hybridized carbons (Fsp3) is 0.222. The standard InChI is InChI=1S/C27H28N2O4S/c1-20-7-3-4-8-22(20)19-34(31,32)26-17-29(25-10-6-5-9-24(25)26)18-27(30)28-16-15-21-11-13-23(33-2)14-12-21/h3-14,17H,15-16,18-19H2,1-2H3,(H,28,30). The lowest BCUT2D eigenvalue weighted by atomic mass is 10.1. The first-order chi connectivity index (χ1) is 16.4. The third kappa shape index (κ3) is 5.31. The van der Waals surface area contributed by atoms with Crippen LogP contribution in [0.3, 0.4) is 0 Å². The average Bonchev–Trinajstić information content (AvgIpc) is 3.20. The monoisotopic (exact) mass is 476 g/mol. The van der Waals surface area contributed by atoms with Gasteiger partial charge in [-0.05, 0) is 48.2 Å². The lowest BCUT2D eigenvalue weighted by molar-refractivity contribution is -0.121. The first kappa shape index (κ1) is 23.6. The molecule has 0 atom stereocenters. The zero-order valence-corrected chi connectivity index (χ0v) is 20.1. The summed E-state index contributed by atoms with van der Waals surface area (Å²) in [6, 6.07) is 22.5. The van der Waals surface area contributed by atoms with Crippen molar-refractivity contribution in [3.8, 4) is 5.75 Å². The van der Waals surface area contributed by atoms with Crippen LogP contribution in [-0.4, -0.2) is 32.5 Å². The number of nitrogens with zero attached hydrogens (tertiary/aromatic N) is 1. The molecule has 0 saturated heterocycles. The predicted molar refractivity (Wildman–Crippen MR) is 134 cm³/mol. The van der Waals surface area contributed by atoms with Crippen molar-refractivity contribution >= 4 is 26.6 Å². The summed E-state index contributed by atoms with van der Waals surface area (Å²) in [4.78, 5) is 12.9. The average molecular weight is 477 g/mol. The van der Waals surface area contributed by atoms with Crippen molar-refractivity contribution in [2.24, 2.45) is 0 Å². The van der Waals surface area contributed by atoms with Crippen molar-refractivity contribution in [1.82, 2.24) is 9.88 Å². The molecule has 0 aliphatic carbocycles. The number of sulfone groups is 1. The number of para-hydroxylation sites is 1. The molecule has 0 fully saturated rings. The zero-order chi connectivity index (χ0) is 24.1. The number of ether oxygens (including phenoxy) is 1. The summed E-state index contributed by atoms with van der Waals surface area (Å²) in [5.74, 6) is 0.541. The molecule has 34 heavy (non-hydrogen) atoms. The Kier molecular flexibility index (Phi) is 7.03. The number of aryl methyl sites for hydroxylation is 1. The van der Waals surface area contributed by atoms with Crippen LogP contribution < -0.4 is 10.1 Å². The largest absolute Gasteiger partial charge is 0.497 e. The van der Waals surface area contributed by atoms with E-state index in [4.69, 9.17) is 4.74 Å². The fourth-order valence-corrected chi connectivity index (χ4v) is 5.68. The van der Waals surface area contributed by atoms with Crippen LogP contribution in [-0.2, 0) is 33.4 Å². The molecule has 176 valence electrons. The van der Waals surface area contributed by atoms with Crippen molar-refractivity contribution in [2.75, 3.05) is 13.7 Å². The van der Waals surface area contributed by atoms with Crippen molar-refractivity contribution in [1.29, 1.82) is 0 Å². The SMILES string of the molecule is COc1ccc(CCNC(=O)Cn2cc(S(=O)(=O)Cc3ccccc3C)c3ccccc32)cc1. The number of rotatable bonds is 9. The van der Waals surface area contributed by atoms with Gasteiger partial charge in [0.25, 0.3) is 0 Å². The second-order valence-corrected chi connectivity index (χ2v) is 10.2. The first-order valence-corrected chi connectivity index (χ1v) is 12.8.